The van der Waals surface area contributed by atoms with Crippen LogP contribution in [0.5, 0.6) is 0 Å². The molecule has 2 N–H and O–H groups in total. The molecule has 6 nitrogen and oxygen atoms in total. The number of rotatable bonds is 6. The quantitative estimate of drug-likeness (QED) is 0.615. The number of hydrogen-bond acceptors (Lipinski definition) is 4. The molecule has 1 atom stereocenters. The largest absolute Gasteiger partial charge is 0.417 e. The summed E-state index contributed by atoms with van der Waals surface area (Å²) in [6.45, 7) is 8.14. The number of aryl methyl sites for hydroxylation is 2. The number of hydrogen-bond donors (Lipinski definition) is 2. The van der Waals surface area contributed by atoms with E-state index < -0.39 is 28.7 Å². The monoisotopic (exact) mass is 496 g/mol. The third-order valence-electron chi connectivity index (χ3n) is 5.99. The van der Waals surface area contributed by atoms with Crippen molar-refractivity contribution >= 4 is 34.8 Å². The van der Waals surface area contributed by atoms with Gasteiger partial charge < -0.3 is 10.6 Å². The van der Waals surface area contributed by atoms with Gasteiger partial charge in [0.1, 0.15) is 0 Å². The van der Waals surface area contributed by atoms with E-state index in [4.69, 9.17) is 11.6 Å². The molecule has 3 rings (SSSR count). The Labute approximate surface area is 202 Å². The van der Waals surface area contributed by atoms with E-state index in [9.17, 15) is 22.8 Å². The summed E-state index contributed by atoms with van der Waals surface area (Å²) in [6.07, 6.45) is -4.61. The minimum atomic E-state index is -4.61. The van der Waals surface area contributed by atoms with Crippen LogP contribution in [0.15, 0.2) is 36.4 Å². The average Bonchev–Trinajstić information content (AvgIpc) is 2.77. The lowest BCUT2D eigenvalue weighted by Gasteiger charge is -2.37. The predicted octanol–water partition coefficient (Wildman–Crippen LogP) is 4.56. The van der Waals surface area contributed by atoms with Gasteiger partial charge in [-0.25, -0.2) is 0 Å². The molecular weight excluding hydrogens is 469 g/mol. The minimum absolute atomic E-state index is 0.0374. The fourth-order valence-electron chi connectivity index (χ4n) is 3.94. The summed E-state index contributed by atoms with van der Waals surface area (Å²) in [5.41, 5.74) is 1.87. The van der Waals surface area contributed by atoms with Gasteiger partial charge >= 0.3 is 6.18 Å². The van der Waals surface area contributed by atoms with E-state index in [1.54, 1.807) is 6.92 Å². The Bertz CT molecular complexity index is 1030. The summed E-state index contributed by atoms with van der Waals surface area (Å²) in [5.74, 6) is -0.503. The number of anilines is 2. The molecule has 34 heavy (non-hydrogen) atoms. The summed E-state index contributed by atoms with van der Waals surface area (Å²) in [7, 11) is 0. The maximum atomic E-state index is 13.1. The van der Waals surface area contributed by atoms with Gasteiger partial charge in [0.05, 0.1) is 23.2 Å². The van der Waals surface area contributed by atoms with Gasteiger partial charge in [0.15, 0.2) is 0 Å². The molecule has 0 aliphatic carbocycles. The molecule has 184 valence electrons. The molecule has 1 saturated heterocycles. The highest BCUT2D eigenvalue weighted by atomic mass is 35.5. The lowest BCUT2D eigenvalue weighted by molar-refractivity contribution is -0.137. The van der Waals surface area contributed by atoms with Crippen LogP contribution in [-0.4, -0.2) is 60.4 Å². The van der Waals surface area contributed by atoms with Gasteiger partial charge in [-0.15, -0.1) is 0 Å². The predicted molar refractivity (Wildman–Crippen MR) is 127 cm³/mol. The normalized spacial score (nSPS) is 16.2. The van der Waals surface area contributed by atoms with Crippen molar-refractivity contribution in [2.75, 3.05) is 43.4 Å². The van der Waals surface area contributed by atoms with Crippen molar-refractivity contribution in [2.45, 2.75) is 33.0 Å². The molecule has 2 aromatic rings. The van der Waals surface area contributed by atoms with Crippen molar-refractivity contribution in [1.29, 1.82) is 0 Å². The SMILES string of the molecule is Cc1cccc(C)c1NC(=O)CN1CCN(C(C)C(=O)Nc2ccc(Cl)c(C(F)(F)F)c2)CC1. The molecule has 2 amide bonds. The Morgan fingerprint density at radius 3 is 2.24 bits per heavy atom. The Morgan fingerprint density at radius 2 is 1.65 bits per heavy atom. The average molecular weight is 497 g/mol. The molecule has 1 unspecified atom stereocenters. The van der Waals surface area contributed by atoms with Gasteiger partial charge in [-0.3, -0.25) is 19.4 Å². The van der Waals surface area contributed by atoms with E-state index in [1.807, 2.05) is 41.8 Å². The standard InChI is InChI=1S/C24H28ClF3N4O2/c1-15-5-4-6-16(2)22(15)30-21(33)14-31-9-11-32(12-10-31)17(3)23(34)29-18-7-8-20(25)19(13-18)24(26,27)28/h4-8,13,17H,9-12,14H2,1-3H3,(H,29,34)(H,30,33). The molecule has 1 fully saturated rings. The summed E-state index contributed by atoms with van der Waals surface area (Å²) < 4.78 is 39.2. The lowest BCUT2D eigenvalue weighted by Crippen LogP contribution is -2.53. The fraction of sp³-hybridized carbons (Fsp3) is 0.417. The Morgan fingerprint density at radius 1 is 1.03 bits per heavy atom. The first kappa shape index (κ1) is 26.0. The number of nitrogens with zero attached hydrogens (tertiary/aromatic N) is 2. The zero-order chi connectivity index (χ0) is 25.0. The van der Waals surface area contributed by atoms with E-state index in [-0.39, 0.29) is 18.1 Å². The Kier molecular flexibility index (Phi) is 8.22. The molecule has 10 heteroatoms. The van der Waals surface area contributed by atoms with Gasteiger partial charge in [-0.2, -0.15) is 13.2 Å². The molecular formula is C24H28ClF3N4O2. The number of carbonyl (C=O) groups excluding carboxylic acids is 2. The van der Waals surface area contributed by atoms with Crippen molar-refractivity contribution in [3.05, 3.63) is 58.1 Å². The number of alkyl halides is 3. The number of halogens is 4. The molecule has 0 bridgehead atoms. The molecule has 0 spiro atoms. The van der Waals surface area contributed by atoms with Crippen LogP contribution in [0.1, 0.15) is 23.6 Å². The smallest absolute Gasteiger partial charge is 0.325 e. The van der Waals surface area contributed by atoms with Crippen LogP contribution in [0.2, 0.25) is 5.02 Å². The summed E-state index contributed by atoms with van der Waals surface area (Å²) in [4.78, 5) is 29.1. The highest BCUT2D eigenvalue weighted by Crippen LogP contribution is 2.36. The Balaban J connectivity index is 1.51. The molecule has 0 radical (unpaired) electrons. The van der Waals surface area contributed by atoms with E-state index in [2.05, 4.69) is 10.6 Å². The number of piperazine rings is 1. The molecule has 1 heterocycles. The van der Waals surface area contributed by atoms with Gasteiger partial charge in [0.2, 0.25) is 11.8 Å². The highest BCUT2D eigenvalue weighted by molar-refractivity contribution is 6.31. The zero-order valence-corrected chi connectivity index (χ0v) is 20.1. The van der Waals surface area contributed by atoms with Gasteiger partial charge in [-0.05, 0) is 50.1 Å². The van der Waals surface area contributed by atoms with E-state index >= 15 is 0 Å². The molecule has 0 saturated carbocycles. The number of nitrogens with one attached hydrogen (secondary N) is 2. The molecule has 2 aromatic carbocycles. The van der Waals surface area contributed by atoms with Crippen LogP contribution in [0.4, 0.5) is 24.5 Å². The highest BCUT2D eigenvalue weighted by Gasteiger charge is 2.34. The fourth-order valence-corrected chi connectivity index (χ4v) is 4.16. The van der Waals surface area contributed by atoms with E-state index in [0.717, 1.165) is 28.9 Å². The summed E-state index contributed by atoms with van der Waals surface area (Å²) in [6, 6.07) is 8.58. The third kappa shape index (κ3) is 6.49. The maximum Gasteiger partial charge on any atom is 0.417 e. The maximum absolute atomic E-state index is 13.1. The third-order valence-corrected chi connectivity index (χ3v) is 6.32. The van der Waals surface area contributed by atoms with Gasteiger partial charge in [0, 0.05) is 37.6 Å². The van der Waals surface area contributed by atoms with Crippen molar-refractivity contribution in [1.82, 2.24) is 9.80 Å². The zero-order valence-electron chi connectivity index (χ0n) is 19.3. The van der Waals surface area contributed by atoms with Crippen molar-refractivity contribution < 1.29 is 22.8 Å². The van der Waals surface area contributed by atoms with Crippen molar-refractivity contribution in [2.24, 2.45) is 0 Å². The first-order valence-corrected chi connectivity index (χ1v) is 11.3. The van der Waals surface area contributed by atoms with Crippen LogP contribution >= 0.6 is 11.6 Å². The summed E-state index contributed by atoms with van der Waals surface area (Å²) >= 11 is 5.64. The van der Waals surface area contributed by atoms with Crippen LogP contribution in [0, 0.1) is 13.8 Å². The van der Waals surface area contributed by atoms with E-state index in [0.29, 0.717) is 26.2 Å². The van der Waals surface area contributed by atoms with E-state index in [1.165, 1.54) is 6.07 Å². The molecule has 1 aliphatic heterocycles. The molecule has 0 aromatic heterocycles. The lowest BCUT2D eigenvalue weighted by atomic mass is 10.1. The van der Waals surface area contributed by atoms with Crippen molar-refractivity contribution in [3.63, 3.8) is 0 Å². The second kappa shape index (κ2) is 10.8. The van der Waals surface area contributed by atoms with Gasteiger partial charge in [-0.1, -0.05) is 29.8 Å². The Hall–Kier alpha value is -2.62. The van der Waals surface area contributed by atoms with Crippen LogP contribution in [-0.2, 0) is 15.8 Å². The summed E-state index contributed by atoms with van der Waals surface area (Å²) in [5, 5.41) is 5.10. The first-order valence-electron chi connectivity index (χ1n) is 11.0. The minimum Gasteiger partial charge on any atom is -0.325 e. The number of benzene rings is 2. The number of carbonyl (C=O) groups is 2. The van der Waals surface area contributed by atoms with Gasteiger partial charge in [0.25, 0.3) is 0 Å². The van der Waals surface area contributed by atoms with Crippen LogP contribution < -0.4 is 10.6 Å². The second-order valence-electron chi connectivity index (χ2n) is 8.48. The number of amides is 2. The van der Waals surface area contributed by atoms with Crippen LogP contribution in [0.25, 0.3) is 0 Å². The van der Waals surface area contributed by atoms with Crippen LogP contribution in [0.3, 0.4) is 0 Å². The first-order chi connectivity index (χ1) is 16.0. The molecule has 1 aliphatic rings. The topological polar surface area (TPSA) is 64.7 Å². The number of para-hydroxylation sites is 1. The second-order valence-corrected chi connectivity index (χ2v) is 8.89. The van der Waals surface area contributed by atoms with Crippen molar-refractivity contribution in [3.8, 4) is 0 Å².